The van der Waals surface area contributed by atoms with Crippen LogP contribution >= 0.6 is 0 Å². The van der Waals surface area contributed by atoms with Crippen molar-refractivity contribution < 1.29 is 24.9 Å². The van der Waals surface area contributed by atoms with E-state index < -0.39 is 36.6 Å². The van der Waals surface area contributed by atoms with E-state index in [9.17, 15) is 20.1 Å². The Morgan fingerprint density at radius 3 is 2.44 bits per heavy atom. The first-order chi connectivity index (χ1) is 7.51. The molecule has 5 atom stereocenters. The van der Waals surface area contributed by atoms with Crippen LogP contribution in [-0.2, 0) is 9.53 Å². The molecule has 1 aliphatic rings. The van der Waals surface area contributed by atoms with Crippen molar-refractivity contribution >= 4 is 5.91 Å². The molecule has 0 aromatic heterocycles. The van der Waals surface area contributed by atoms with Gasteiger partial charge < -0.3 is 31.1 Å². The van der Waals surface area contributed by atoms with Crippen molar-refractivity contribution in [2.75, 3.05) is 6.54 Å². The fourth-order valence-corrected chi connectivity index (χ4v) is 1.63. The maximum atomic E-state index is 11.0. The highest BCUT2D eigenvalue weighted by molar-refractivity contribution is 5.77. The van der Waals surface area contributed by atoms with Gasteiger partial charge in [0.2, 0.25) is 5.91 Å². The van der Waals surface area contributed by atoms with Gasteiger partial charge in [0.25, 0.3) is 0 Å². The van der Waals surface area contributed by atoms with E-state index in [1.165, 1.54) is 0 Å². The van der Waals surface area contributed by atoms with Gasteiger partial charge in [-0.05, 0) is 6.42 Å². The Labute approximate surface area is 93.2 Å². The van der Waals surface area contributed by atoms with Gasteiger partial charge in [0.05, 0.1) is 12.6 Å². The molecule has 0 aromatic rings. The van der Waals surface area contributed by atoms with Crippen LogP contribution in [0.3, 0.4) is 0 Å². The van der Waals surface area contributed by atoms with E-state index in [0.29, 0.717) is 6.42 Å². The van der Waals surface area contributed by atoms with Crippen molar-refractivity contribution in [1.82, 2.24) is 5.32 Å². The summed E-state index contributed by atoms with van der Waals surface area (Å²) in [5.41, 5.74) is 5.10. The molecule has 16 heavy (non-hydrogen) atoms. The standard InChI is InChI=1S/C9H18N2O5/c1-2-4-6(13)7(14)8(15)9(16-4)11-5(12)3-10/h4,6-9,13-15H,2-3,10H2,1H3,(H,11,12). The molecule has 0 saturated carbocycles. The Balaban J connectivity index is 2.67. The van der Waals surface area contributed by atoms with E-state index in [4.69, 9.17) is 10.5 Å². The van der Waals surface area contributed by atoms with Gasteiger partial charge in [0.15, 0.2) is 6.23 Å². The molecule has 0 bridgehead atoms. The number of hydrogen-bond donors (Lipinski definition) is 5. The van der Waals surface area contributed by atoms with Crippen molar-refractivity contribution in [1.29, 1.82) is 0 Å². The minimum absolute atomic E-state index is 0.234. The number of rotatable bonds is 3. The van der Waals surface area contributed by atoms with E-state index in [1.54, 1.807) is 6.92 Å². The number of aliphatic hydroxyl groups excluding tert-OH is 3. The fourth-order valence-electron chi connectivity index (χ4n) is 1.63. The largest absolute Gasteiger partial charge is 0.388 e. The first kappa shape index (κ1) is 13.3. The molecule has 0 radical (unpaired) electrons. The SMILES string of the molecule is CCC1OC(NC(=O)CN)C(O)C(O)C1O. The summed E-state index contributed by atoms with van der Waals surface area (Å²) in [4.78, 5) is 11.0. The molecule has 1 fully saturated rings. The average molecular weight is 234 g/mol. The first-order valence-electron chi connectivity index (χ1n) is 5.20. The molecular weight excluding hydrogens is 216 g/mol. The molecule has 7 heteroatoms. The molecule has 5 unspecified atom stereocenters. The van der Waals surface area contributed by atoms with E-state index in [1.807, 2.05) is 0 Å². The van der Waals surface area contributed by atoms with Crippen LogP contribution in [0.15, 0.2) is 0 Å². The highest BCUT2D eigenvalue weighted by atomic mass is 16.5. The molecule has 1 aliphatic heterocycles. The highest BCUT2D eigenvalue weighted by Crippen LogP contribution is 2.21. The van der Waals surface area contributed by atoms with Gasteiger partial charge >= 0.3 is 0 Å². The molecule has 0 aliphatic carbocycles. The first-order valence-corrected chi connectivity index (χ1v) is 5.20. The van der Waals surface area contributed by atoms with Crippen LogP contribution in [0.2, 0.25) is 0 Å². The predicted molar refractivity (Wildman–Crippen MR) is 54.2 cm³/mol. The Morgan fingerprint density at radius 2 is 1.94 bits per heavy atom. The maximum Gasteiger partial charge on any atom is 0.235 e. The Kier molecular flexibility index (Phi) is 4.63. The van der Waals surface area contributed by atoms with E-state index in [-0.39, 0.29) is 6.54 Å². The Morgan fingerprint density at radius 1 is 1.31 bits per heavy atom. The van der Waals surface area contributed by atoms with E-state index in [2.05, 4.69) is 5.32 Å². The lowest BCUT2D eigenvalue weighted by Crippen LogP contribution is -2.62. The Bertz CT molecular complexity index is 248. The summed E-state index contributed by atoms with van der Waals surface area (Å²) in [7, 11) is 0. The van der Waals surface area contributed by atoms with Crippen LogP contribution < -0.4 is 11.1 Å². The van der Waals surface area contributed by atoms with Crippen molar-refractivity contribution in [3.05, 3.63) is 0 Å². The molecule has 1 amide bonds. The molecule has 6 N–H and O–H groups in total. The summed E-state index contributed by atoms with van der Waals surface area (Å²) in [5.74, 6) is -0.498. The summed E-state index contributed by atoms with van der Waals surface area (Å²) in [6.07, 6.45) is -5.08. The molecule has 1 rings (SSSR count). The van der Waals surface area contributed by atoms with E-state index in [0.717, 1.165) is 0 Å². The molecule has 94 valence electrons. The van der Waals surface area contributed by atoms with Gasteiger partial charge in [-0.2, -0.15) is 0 Å². The van der Waals surface area contributed by atoms with Gasteiger partial charge in [-0.15, -0.1) is 0 Å². The zero-order valence-electron chi connectivity index (χ0n) is 9.04. The number of carbonyl (C=O) groups is 1. The van der Waals surface area contributed by atoms with Crippen LogP contribution in [0.4, 0.5) is 0 Å². The van der Waals surface area contributed by atoms with Crippen LogP contribution in [0.5, 0.6) is 0 Å². The summed E-state index contributed by atoms with van der Waals surface area (Å²) < 4.78 is 5.26. The average Bonchev–Trinajstić information content (AvgIpc) is 2.29. The van der Waals surface area contributed by atoms with Crippen molar-refractivity contribution in [2.24, 2.45) is 5.73 Å². The smallest absolute Gasteiger partial charge is 0.235 e. The van der Waals surface area contributed by atoms with Gasteiger partial charge in [-0.25, -0.2) is 0 Å². The van der Waals surface area contributed by atoms with E-state index >= 15 is 0 Å². The minimum Gasteiger partial charge on any atom is -0.388 e. The highest BCUT2D eigenvalue weighted by Gasteiger charge is 2.43. The third-order valence-corrected chi connectivity index (χ3v) is 2.60. The summed E-state index contributed by atoms with van der Waals surface area (Å²) in [6, 6.07) is 0. The number of amides is 1. The third-order valence-electron chi connectivity index (χ3n) is 2.60. The lowest BCUT2D eigenvalue weighted by molar-refractivity contribution is -0.229. The third kappa shape index (κ3) is 2.69. The second-order valence-electron chi connectivity index (χ2n) is 3.75. The number of hydrogen-bond acceptors (Lipinski definition) is 6. The number of nitrogens with one attached hydrogen (secondary N) is 1. The van der Waals surface area contributed by atoms with Gasteiger partial charge in [0.1, 0.15) is 18.3 Å². The number of aliphatic hydroxyl groups is 3. The topological polar surface area (TPSA) is 125 Å². The molecule has 0 aromatic carbocycles. The van der Waals surface area contributed by atoms with Crippen LogP contribution in [0, 0.1) is 0 Å². The number of ether oxygens (including phenoxy) is 1. The molecule has 1 heterocycles. The Hall–Kier alpha value is -0.730. The molecule has 1 saturated heterocycles. The summed E-state index contributed by atoms with van der Waals surface area (Å²) >= 11 is 0. The number of carbonyl (C=O) groups excluding carboxylic acids is 1. The zero-order valence-corrected chi connectivity index (χ0v) is 9.04. The molecular formula is C9H18N2O5. The van der Waals surface area contributed by atoms with Crippen LogP contribution in [-0.4, -0.2) is 58.4 Å². The zero-order chi connectivity index (χ0) is 12.3. The van der Waals surface area contributed by atoms with Crippen LogP contribution in [0.25, 0.3) is 0 Å². The molecule has 0 spiro atoms. The fraction of sp³-hybridized carbons (Fsp3) is 0.889. The lowest BCUT2D eigenvalue weighted by Gasteiger charge is -2.40. The number of nitrogens with two attached hydrogens (primary N) is 1. The second kappa shape index (κ2) is 5.55. The van der Waals surface area contributed by atoms with Crippen LogP contribution in [0.1, 0.15) is 13.3 Å². The maximum absolute atomic E-state index is 11.0. The van der Waals surface area contributed by atoms with Crippen molar-refractivity contribution in [3.63, 3.8) is 0 Å². The lowest BCUT2D eigenvalue weighted by atomic mass is 9.96. The summed E-state index contributed by atoms with van der Waals surface area (Å²) in [5, 5.41) is 31.0. The predicted octanol–water partition coefficient (Wildman–Crippen LogP) is -2.72. The minimum atomic E-state index is -1.37. The normalized spacial score (nSPS) is 39.4. The summed E-state index contributed by atoms with van der Waals surface area (Å²) in [6.45, 7) is 1.53. The van der Waals surface area contributed by atoms with Gasteiger partial charge in [-0.3, -0.25) is 4.79 Å². The van der Waals surface area contributed by atoms with Gasteiger partial charge in [0, 0.05) is 0 Å². The monoisotopic (exact) mass is 234 g/mol. The molecule has 7 nitrogen and oxygen atoms in total. The van der Waals surface area contributed by atoms with Crippen molar-refractivity contribution in [3.8, 4) is 0 Å². The van der Waals surface area contributed by atoms with Gasteiger partial charge in [-0.1, -0.05) is 6.92 Å². The van der Waals surface area contributed by atoms with Crippen molar-refractivity contribution in [2.45, 2.75) is 44.0 Å². The quantitative estimate of drug-likeness (QED) is 0.361. The second-order valence-corrected chi connectivity index (χ2v) is 3.75.